The Bertz CT molecular complexity index is 181. The average Bonchev–Trinajstić information content (AvgIpc) is 2.10. The van der Waals surface area contributed by atoms with Crippen molar-refractivity contribution in [3.8, 4) is 0 Å². The fourth-order valence-corrected chi connectivity index (χ4v) is 2.00. The lowest BCUT2D eigenvalue weighted by atomic mass is 9.83. The minimum atomic E-state index is -0.129. The van der Waals surface area contributed by atoms with Gasteiger partial charge in [-0.05, 0) is 13.8 Å². The molecular formula is C10H18O3. The summed E-state index contributed by atoms with van der Waals surface area (Å²) in [5, 5.41) is 0. The summed E-state index contributed by atoms with van der Waals surface area (Å²) in [4.78, 5) is 10.8. The first-order valence-corrected chi connectivity index (χ1v) is 4.75. The molecule has 76 valence electrons. The van der Waals surface area contributed by atoms with Crippen molar-refractivity contribution in [1.29, 1.82) is 0 Å². The number of carbonyl (C=O) groups is 1. The van der Waals surface area contributed by atoms with E-state index in [0.29, 0.717) is 0 Å². The average molecular weight is 186 g/mol. The molecule has 0 radical (unpaired) electrons. The molecular weight excluding hydrogens is 168 g/mol. The molecule has 0 aromatic heterocycles. The van der Waals surface area contributed by atoms with Gasteiger partial charge < -0.3 is 14.3 Å². The highest BCUT2D eigenvalue weighted by atomic mass is 16.5. The van der Waals surface area contributed by atoms with Gasteiger partial charge in [0.25, 0.3) is 0 Å². The highest BCUT2D eigenvalue weighted by Crippen LogP contribution is 2.30. The molecule has 0 bridgehead atoms. The van der Waals surface area contributed by atoms with Crippen molar-refractivity contribution in [2.45, 2.75) is 39.1 Å². The molecule has 1 aliphatic heterocycles. The van der Waals surface area contributed by atoms with Crippen LogP contribution < -0.4 is 0 Å². The number of rotatable bonds is 2. The van der Waals surface area contributed by atoms with Gasteiger partial charge in [-0.1, -0.05) is 6.92 Å². The molecule has 0 spiro atoms. The van der Waals surface area contributed by atoms with Gasteiger partial charge >= 0.3 is 0 Å². The molecule has 1 saturated heterocycles. The van der Waals surface area contributed by atoms with Crippen LogP contribution in [0.5, 0.6) is 0 Å². The van der Waals surface area contributed by atoms with Crippen LogP contribution in [-0.2, 0) is 14.3 Å². The van der Waals surface area contributed by atoms with Gasteiger partial charge in [0.1, 0.15) is 6.29 Å². The summed E-state index contributed by atoms with van der Waals surface area (Å²) in [5.74, 6) is 0.146. The zero-order valence-corrected chi connectivity index (χ0v) is 8.69. The van der Waals surface area contributed by atoms with Crippen LogP contribution in [0.2, 0.25) is 0 Å². The molecule has 3 heteroatoms. The SMILES string of the molecule is COC1C(C)C(C)OC(C)C1C=O. The fourth-order valence-electron chi connectivity index (χ4n) is 2.00. The maximum absolute atomic E-state index is 10.8. The first-order valence-electron chi connectivity index (χ1n) is 4.75. The largest absolute Gasteiger partial charge is 0.380 e. The summed E-state index contributed by atoms with van der Waals surface area (Å²) >= 11 is 0. The molecule has 0 aromatic rings. The molecule has 0 N–H and O–H groups in total. The third-order valence-corrected chi connectivity index (χ3v) is 3.04. The number of carbonyl (C=O) groups excluding carboxylic acids is 1. The van der Waals surface area contributed by atoms with Gasteiger partial charge in [0.2, 0.25) is 0 Å². The van der Waals surface area contributed by atoms with Gasteiger partial charge in [0.15, 0.2) is 0 Å². The third-order valence-electron chi connectivity index (χ3n) is 3.04. The molecule has 0 aromatic carbocycles. The van der Waals surface area contributed by atoms with Crippen LogP contribution in [-0.4, -0.2) is 31.7 Å². The fraction of sp³-hybridized carbons (Fsp3) is 0.900. The maximum Gasteiger partial charge on any atom is 0.128 e. The second-order valence-electron chi connectivity index (χ2n) is 3.82. The summed E-state index contributed by atoms with van der Waals surface area (Å²) in [5.41, 5.74) is 0. The lowest BCUT2D eigenvalue weighted by molar-refractivity contribution is -0.167. The van der Waals surface area contributed by atoms with E-state index in [-0.39, 0.29) is 30.1 Å². The van der Waals surface area contributed by atoms with Gasteiger partial charge in [-0.25, -0.2) is 0 Å². The molecule has 13 heavy (non-hydrogen) atoms. The predicted molar refractivity (Wildman–Crippen MR) is 49.5 cm³/mol. The van der Waals surface area contributed by atoms with E-state index in [9.17, 15) is 4.79 Å². The Morgan fingerprint density at radius 3 is 2.31 bits per heavy atom. The Kier molecular flexibility index (Phi) is 3.45. The van der Waals surface area contributed by atoms with E-state index in [4.69, 9.17) is 9.47 Å². The highest BCUT2D eigenvalue weighted by Gasteiger charge is 2.39. The van der Waals surface area contributed by atoms with E-state index < -0.39 is 0 Å². The smallest absolute Gasteiger partial charge is 0.128 e. The van der Waals surface area contributed by atoms with E-state index >= 15 is 0 Å². The summed E-state index contributed by atoms with van der Waals surface area (Å²) in [7, 11) is 1.66. The van der Waals surface area contributed by atoms with E-state index in [1.165, 1.54) is 0 Å². The van der Waals surface area contributed by atoms with Gasteiger partial charge in [-0.3, -0.25) is 0 Å². The highest BCUT2D eigenvalue weighted by molar-refractivity contribution is 5.56. The van der Waals surface area contributed by atoms with Crippen LogP contribution in [0.4, 0.5) is 0 Å². The van der Waals surface area contributed by atoms with Crippen LogP contribution in [0.15, 0.2) is 0 Å². The van der Waals surface area contributed by atoms with E-state index in [1.54, 1.807) is 7.11 Å². The van der Waals surface area contributed by atoms with Crippen LogP contribution >= 0.6 is 0 Å². The molecule has 0 saturated carbocycles. The standard InChI is InChI=1S/C10H18O3/c1-6-7(2)13-8(3)9(5-11)10(6)12-4/h5-10H,1-4H3. The molecule has 1 heterocycles. The summed E-state index contributed by atoms with van der Waals surface area (Å²) in [6.07, 6.45) is 1.07. The van der Waals surface area contributed by atoms with E-state index in [1.807, 2.05) is 13.8 Å². The number of hydrogen-bond acceptors (Lipinski definition) is 3. The lowest BCUT2D eigenvalue weighted by Gasteiger charge is -2.41. The first-order chi connectivity index (χ1) is 6.11. The summed E-state index contributed by atoms with van der Waals surface area (Å²) in [6.45, 7) is 6.00. The first kappa shape index (κ1) is 10.7. The Balaban J connectivity index is 2.77. The zero-order valence-electron chi connectivity index (χ0n) is 8.69. The van der Waals surface area contributed by atoms with Crippen molar-refractivity contribution in [1.82, 2.24) is 0 Å². The molecule has 1 aliphatic rings. The normalized spacial score (nSPS) is 46.0. The summed E-state index contributed by atoms with van der Waals surface area (Å²) < 4.78 is 11.0. The Morgan fingerprint density at radius 1 is 1.23 bits per heavy atom. The topological polar surface area (TPSA) is 35.5 Å². The number of aldehydes is 1. The predicted octanol–water partition coefficient (Wildman–Crippen LogP) is 1.26. The monoisotopic (exact) mass is 186 g/mol. The molecule has 0 aliphatic carbocycles. The van der Waals surface area contributed by atoms with Crippen molar-refractivity contribution in [3.05, 3.63) is 0 Å². The van der Waals surface area contributed by atoms with Gasteiger partial charge in [-0.15, -0.1) is 0 Å². The Hall–Kier alpha value is -0.410. The van der Waals surface area contributed by atoms with Crippen molar-refractivity contribution >= 4 is 6.29 Å². The summed E-state index contributed by atoms with van der Waals surface area (Å²) in [6, 6.07) is 0. The minimum Gasteiger partial charge on any atom is -0.380 e. The number of ether oxygens (including phenoxy) is 2. The Morgan fingerprint density at radius 2 is 1.85 bits per heavy atom. The molecule has 0 amide bonds. The van der Waals surface area contributed by atoms with Crippen molar-refractivity contribution in [3.63, 3.8) is 0 Å². The zero-order chi connectivity index (χ0) is 10.0. The molecule has 5 unspecified atom stereocenters. The van der Waals surface area contributed by atoms with Crippen LogP contribution in [0.1, 0.15) is 20.8 Å². The van der Waals surface area contributed by atoms with Gasteiger partial charge in [-0.2, -0.15) is 0 Å². The third kappa shape index (κ3) is 1.92. The van der Waals surface area contributed by atoms with Crippen molar-refractivity contribution in [2.24, 2.45) is 11.8 Å². The number of methoxy groups -OCH3 is 1. The second-order valence-corrected chi connectivity index (χ2v) is 3.82. The van der Waals surface area contributed by atoms with Crippen molar-refractivity contribution in [2.75, 3.05) is 7.11 Å². The second kappa shape index (κ2) is 4.20. The molecule has 5 atom stereocenters. The molecule has 3 nitrogen and oxygen atoms in total. The van der Waals surface area contributed by atoms with E-state index in [2.05, 4.69) is 6.92 Å². The van der Waals surface area contributed by atoms with Crippen LogP contribution in [0.3, 0.4) is 0 Å². The van der Waals surface area contributed by atoms with E-state index in [0.717, 1.165) is 6.29 Å². The van der Waals surface area contributed by atoms with Crippen LogP contribution in [0.25, 0.3) is 0 Å². The number of hydrogen-bond donors (Lipinski definition) is 0. The quantitative estimate of drug-likeness (QED) is 0.609. The molecule has 1 rings (SSSR count). The van der Waals surface area contributed by atoms with Crippen molar-refractivity contribution < 1.29 is 14.3 Å². The minimum absolute atomic E-state index is 0.00347. The van der Waals surface area contributed by atoms with Crippen LogP contribution in [0, 0.1) is 11.8 Å². The lowest BCUT2D eigenvalue weighted by Crippen LogP contribution is -2.49. The van der Waals surface area contributed by atoms with Gasteiger partial charge in [0, 0.05) is 13.0 Å². The Labute approximate surface area is 79.4 Å². The maximum atomic E-state index is 10.8. The van der Waals surface area contributed by atoms with Gasteiger partial charge in [0.05, 0.1) is 24.2 Å². The molecule has 1 fully saturated rings.